The van der Waals surface area contributed by atoms with Crippen LogP contribution in [0.3, 0.4) is 0 Å². The average molecular weight is 520 g/mol. The number of rotatable bonds is 15. The number of amides is 2. The zero-order valence-corrected chi connectivity index (χ0v) is 21.9. The van der Waals surface area contributed by atoms with Gasteiger partial charge in [-0.2, -0.15) is 0 Å². The first kappa shape index (κ1) is 29.6. The lowest BCUT2D eigenvalue weighted by molar-refractivity contribution is -0.141. The Morgan fingerprint density at radius 3 is 2.51 bits per heavy atom. The third-order valence-corrected chi connectivity index (χ3v) is 5.10. The van der Waals surface area contributed by atoms with Gasteiger partial charge in [0.15, 0.2) is 5.82 Å². The predicted molar refractivity (Wildman–Crippen MR) is 133 cm³/mol. The maximum absolute atomic E-state index is 12.6. The number of carbonyl (C=O) groups is 3. The van der Waals surface area contributed by atoms with Gasteiger partial charge < -0.3 is 30.2 Å². The summed E-state index contributed by atoms with van der Waals surface area (Å²) in [5.74, 6) is -0.477. The molecule has 13 heteroatoms. The van der Waals surface area contributed by atoms with Crippen LogP contribution in [0.2, 0.25) is 0 Å². The van der Waals surface area contributed by atoms with E-state index in [9.17, 15) is 14.4 Å². The Labute approximate surface area is 216 Å². The molecule has 0 radical (unpaired) electrons. The smallest absolute Gasteiger partial charge is 0.409 e. The van der Waals surface area contributed by atoms with Gasteiger partial charge in [0.25, 0.3) is 0 Å². The predicted octanol–water partition coefficient (Wildman–Crippen LogP) is 1.20. The lowest BCUT2D eigenvalue weighted by Gasteiger charge is -2.24. The first-order chi connectivity index (χ1) is 17.6. The van der Waals surface area contributed by atoms with Crippen LogP contribution >= 0.6 is 0 Å². The Kier molecular flexibility index (Phi) is 11.9. The number of esters is 1. The minimum Gasteiger partial charge on any atom is -0.464 e. The summed E-state index contributed by atoms with van der Waals surface area (Å²) >= 11 is 0. The van der Waals surface area contributed by atoms with Crippen LogP contribution in [0, 0.1) is 0 Å². The van der Waals surface area contributed by atoms with Crippen LogP contribution in [0.5, 0.6) is 0 Å². The van der Waals surface area contributed by atoms with E-state index < -0.39 is 29.6 Å². The molecule has 0 aliphatic carbocycles. The van der Waals surface area contributed by atoms with Crippen LogP contribution in [0.1, 0.15) is 51.5 Å². The Bertz CT molecular complexity index is 993. The number of tetrazole rings is 1. The first-order valence-electron chi connectivity index (χ1n) is 12.1. The van der Waals surface area contributed by atoms with E-state index in [4.69, 9.17) is 19.9 Å². The van der Waals surface area contributed by atoms with Gasteiger partial charge in [0, 0.05) is 13.5 Å². The molecule has 1 aromatic carbocycles. The summed E-state index contributed by atoms with van der Waals surface area (Å²) in [6, 6.07) is 8.92. The molecule has 1 heterocycles. The van der Waals surface area contributed by atoms with Crippen molar-refractivity contribution < 1.29 is 28.6 Å². The Hall–Kier alpha value is -3.58. The van der Waals surface area contributed by atoms with Crippen LogP contribution in [0.25, 0.3) is 0 Å². The second kappa shape index (κ2) is 14.9. The highest BCUT2D eigenvalue weighted by Crippen LogP contribution is 2.13. The van der Waals surface area contributed by atoms with Crippen LogP contribution in [0.15, 0.2) is 30.3 Å². The SMILES string of the molecule is CCCN(CCOC(C)=O)C(=O)OCCn1nnnc1[C@@H](COCc1ccccc1)NC(=O)C(C)(C)N. The summed E-state index contributed by atoms with van der Waals surface area (Å²) in [6.45, 7) is 7.75. The quantitative estimate of drug-likeness (QED) is 0.327. The number of aromatic nitrogens is 4. The molecule has 1 atom stereocenters. The number of nitrogens with zero attached hydrogens (tertiary/aromatic N) is 5. The summed E-state index contributed by atoms with van der Waals surface area (Å²) in [4.78, 5) is 37.6. The molecule has 2 aromatic rings. The number of nitrogens with one attached hydrogen (secondary N) is 1. The number of ether oxygens (including phenoxy) is 3. The zero-order chi connectivity index (χ0) is 27.3. The molecule has 0 bridgehead atoms. The molecule has 37 heavy (non-hydrogen) atoms. The van der Waals surface area contributed by atoms with E-state index in [2.05, 4.69) is 20.8 Å². The Morgan fingerprint density at radius 1 is 1.14 bits per heavy atom. The molecule has 0 aliphatic rings. The van der Waals surface area contributed by atoms with E-state index in [1.807, 2.05) is 37.3 Å². The number of nitrogens with two attached hydrogens (primary N) is 1. The molecule has 0 spiro atoms. The standard InChI is InChI=1S/C24H37N7O6/c1-5-11-30(12-14-36-18(2)32)23(34)37-15-13-31-21(27-28-29-31)20(26-22(33)24(3,4)25)17-35-16-19-9-7-6-8-10-19/h6-10,20H,5,11-17,25H2,1-4H3,(H,26,33)/t20-/m1/s1. The third kappa shape index (κ3) is 10.5. The van der Waals surface area contributed by atoms with Crippen molar-refractivity contribution in [3.05, 3.63) is 41.7 Å². The summed E-state index contributed by atoms with van der Waals surface area (Å²) in [6.07, 6.45) is 0.179. The van der Waals surface area contributed by atoms with Crippen molar-refractivity contribution >= 4 is 18.0 Å². The molecule has 0 aliphatic heterocycles. The van der Waals surface area contributed by atoms with Crippen molar-refractivity contribution in [3.8, 4) is 0 Å². The van der Waals surface area contributed by atoms with E-state index in [0.29, 0.717) is 25.4 Å². The maximum atomic E-state index is 12.6. The molecule has 13 nitrogen and oxygen atoms in total. The molecular weight excluding hydrogens is 482 g/mol. The fourth-order valence-corrected chi connectivity index (χ4v) is 3.19. The topological polar surface area (TPSA) is 164 Å². The number of benzene rings is 1. The van der Waals surface area contributed by atoms with E-state index >= 15 is 0 Å². The zero-order valence-electron chi connectivity index (χ0n) is 21.9. The molecular formula is C24H37N7O6. The van der Waals surface area contributed by atoms with Crippen molar-refractivity contribution in [1.29, 1.82) is 0 Å². The molecule has 0 fully saturated rings. The largest absolute Gasteiger partial charge is 0.464 e. The first-order valence-corrected chi connectivity index (χ1v) is 12.1. The van der Waals surface area contributed by atoms with Gasteiger partial charge in [-0.15, -0.1) is 5.10 Å². The minimum absolute atomic E-state index is 0.0153. The van der Waals surface area contributed by atoms with Gasteiger partial charge >= 0.3 is 12.1 Å². The molecule has 204 valence electrons. The maximum Gasteiger partial charge on any atom is 0.409 e. The van der Waals surface area contributed by atoms with Crippen LogP contribution in [0.4, 0.5) is 4.79 Å². The lowest BCUT2D eigenvalue weighted by Crippen LogP contribution is -2.51. The monoisotopic (exact) mass is 519 g/mol. The molecule has 0 saturated carbocycles. The van der Waals surface area contributed by atoms with Gasteiger partial charge in [-0.05, 0) is 36.3 Å². The van der Waals surface area contributed by atoms with Crippen LogP contribution in [-0.2, 0) is 37.0 Å². The normalized spacial score (nSPS) is 12.0. The highest BCUT2D eigenvalue weighted by atomic mass is 16.6. The fourth-order valence-electron chi connectivity index (χ4n) is 3.19. The molecule has 2 rings (SSSR count). The Balaban J connectivity index is 2.01. The van der Waals surface area contributed by atoms with Crippen molar-refractivity contribution in [2.45, 2.75) is 58.8 Å². The van der Waals surface area contributed by atoms with Crippen LogP contribution < -0.4 is 11.1 Å². The minimum atomic E-state index is -1.12. The molecule has 0 unspecified atom stereocenters. The number of hydrogen-bond acceptors (Lipinski definition) is 10. The second-order valence-electron chi connectivity index (χ2n) is 8.95. The summed E-state index contributed by atoms with van der Waals surface area (Å²) in [7, 11) is 0. The van der Waals surface area contributed by atoms with E-state index in [1.54, 1.807) is 13.8 Å². The van der Waals surface area contributed by atoms with E-state index in [0.717, 1.165) is 5.56 Å². The van der Waals surface area contributed by atoms with Gasteiger partial charge in [0.2, 0.25) is 5.91 Å². The number of hydrogen-bond donors (Lipinski definition) is 2. The lowest BCUT2D eigenvalue weighted by atomic mass is 10.1. The molecule has 3 N–H and O–H groups in total. The summed E-state index contributed by atoms with van der Waals surface area (Å²) in [5, 5.41) is 14.6. The van der Waals surface area contributed by atoms with E-state index in [1.165, 1.54) is 16.5 Å². The number of carbonyl (C=O) groups excluding carboxylic acids is 3. The van der Waals surface area contributed by atoms with Gasteiger partial charge in [-0.25, -0.2) is 9.48 Å². The third-order valence-electron chi connectivity index (χ3n) is 5.10. The Morgan fingerprint density at radius 2 is 1.86 bits per heavy atom. The van der Waals surface area contributed by atoms with Gasteiger partial charge in [0.1, 0.15) is 19.3 Å². The van der Waals surface area contributed by atoms with E-state index in [-0.39, 0.29) is 32.9 Å². The molecule has 1 aromatic heterocycles. The summed E-state index contributed by atoms with van der Waals surface area (Å²) in [5.41, 5.74) is 5.81. The summed E-state index contributed by atoms with van der Waals surface area (Å²) < 4.78 is 17.6. The van der Waals surface area contributed by atoms with Gasteiger partial charge in [-0.3, -0.25) is 9.59 Å². The van der Waals surface area contributed by atoms with Gasteiger partial charge in [0.05, 0.1) is 31.8 Å². The van der Waals surface area contributed by atoms with Crippen molar-refractivity contribution in [2.75, 3.05) is 32.9 Å². The molecule has 0 saturated heterocycles. The second-order valence-corrected chi connectivity index (χ2v) is 8.95. The van der Waals surface area contributed by atoms with Crippen molar-refractivity contribution in [2.24, 2.45) is 5.73 Å². The molecule has 2 amide bonds. The van der Waals surface area contributed by atoms with Crippen molar-refractivity contribution in [1.82, 2.24) is 30.4 Å². The highest BCUT2D eigenvalue weighted by molar-refractivity contribution is 5.85. The fraction of sp³-hybridized carbons (Fsp3) is 0.583. The van der Waals surface area contributed by atoms with Crippen molar-refractivity contribution in [3.63, 3.8) is 0 Å². The van der Waals surface area contributed by atoms with Crippen LogP contribution in [-0.4, -0.2) is 81.5 Å². The van der Waals surface area contributed by atoms with Gasteiger partial charge in [-0.1, -0.05) is 37.3 Å². The highest BCUT2D eigenvalue weighted by Gasteiger charge is 2.28. The average Bonchev–Trinajstić information content (AvgIpc) is 3.31.